The predicted octanol–water partition coefficient (Wildman–Crippen LogP) is 1.69. The van der Waals surface area contributed by atoms with Crippen LogP contribution in [0.25, 0.3) is 0 Å². The van der Waals surface area contributed by atoms with Crippen LogP contribution in [-0.2, 0) is 4.74 Å². The van der Waals surface area contributed by atoms with Crippen molar-refractivity contribution in [3.05, 3.63) is 53.2 Å². The van der Waals surface area contributed by atoms with Gasteiger partial charge in [-0.05, 0) is 24.3 Å². The Morgan fingerprint density at radius 2 is 1.95 bits per heavy atom. The second-order valence-electron chi connectivity index (χ2n) is 4.33. The summed E-state index contributed by atoms with van der Waals surface area (Å²) in [6, 6.07) is 6.14. The molecule has 6 nitrogen and oxygen atoms in total. The average Bonchev–Trinajstić information content (AvgIpc) is 2.52. The largest absolute Gasteiger partial charge is 0.464 e. The van der Waals surface area contributed by atoms with Gasteiger partial charge in [-0.25, -0.2) is 13.6 Å². The zero-order valence-corrected chi connectivity index (χ0v) is 11.6. The number of carbonyl (C=O) groups is 1. The predicted molar refractivity (Wildman–Crippen MR) is 73.2 cm³/mol. The lowest BCUT2D eigenvalue weighted by molar-refractivity contribution is 0.0592. The molecule has 1 atom stereocenters. The Morgan fingerprint density at radius 3 is 2.50 bits per heavy atom. The fourth-order valence-electron chi connectivity index (χ4n) is 1.77. The van der Waals surface area contributed by atoms with Crippen molar-refractivity contribution in [1.29, 1.82) is 0 Å². The number of aliphatic hydroxyl groups is 1. The van der Waals surface area contributed by atoms with Crippen LogP contribution < -0.4 is 5.32 Å². The second kappa shape index (κ2) is 6.90. The van der Waals surface area contributed by atoms with Gasteiger partial charge in [0.05, 0.1) is 12.7 Å². The van der Waals surface area contributed by atoms with Gasteiger partial charge in [0.25, 0.3) is 0 Å². The number of rotatable bonds is 5. The number of hydrogen-bond donors (Lipinski definition) is 2. The van der Waals surface area contributed by atoms with E-state index >= 15 is 0 Å². The van der Waals surface area contributed by atoms with Gasteiger partial charge >= 0.3 is 5.97 Å². The number of methoxy groups -OCH3 is 1. The van der Waals surface area contributed by atoms with Crippen LogP contribution in [0.15, 0.2) is 30.3 Å². The Balaban J connectivity index is 2.02. The third-order valence-corrected chi connectivity index (χ3v) is 2.87. The third-order valence-electron chi connectivity index (χ3n) is 2.87. The lowest BCUT2D eigenvalue weighted by atomic mass is 10.1. The van der Waals surface area contributed by atoms with Gasteiger partial charge < -0.3 is 15.2 Å². The number of nitrogens with zero attached hydrogens (tertiary/aromatic N) is 2. The Kier molecular flexibility index (Phi) is 4.95. The van der Waals surface area contributed by atoms with Crippen molar-refractivity contribution in [3.63, 3.8) is 0 Å². The first-order chi connectivity index (χ1) is 10.5. The maximum atomic E-state index is 13.5. The number of benzene rings is 1. The minimum atomic E-state index is -1.40. The van der Waals surface area contributed by atoms with E-state index in [1.54, 1.807) is 0 Å². The molecule has 1 heterocycles. The van der Waals surface area contributed by atoms with E-state index in [0.29, 0.717) is 0 Å². The molecule has 1 aromatic heterocycles. The minimum Gasteiger partial charge on any atom is -0.464 e. The van der Waals surface area contributed by atoms with Crippen LogP contribution in [-0.4, -0.2) is 34.9 Å². The van der Waals surface area contributed by atoms with E-state index in [0.717, 1.165) is 12.1 Å². The molecule has 0 saturated heterocycles. The van der Waals surface area contributed by atoms with Crippen molar-refractivity contribution >= 4 is 11.8 Å². The van der Waals surface area contributed by atoms with Gasteiger partial charge in [0.1, 0.15) is 23.6 Å². The number of nitrogens with one attached hydrogen (secondary N) is 1. The molecular weight excluding hydrogens is 296 g/mol. The second-order valence-corrected chi connectivity index (χ2v) is 4.33. The van der Waals surface area contributed by atoms with Gasteiger partial charge in [-0.1, -0.05) is 6.07 Å². The van der Waals surface area contributed by atoms with Crippen molar-refractivity contribution in [2.45, 2.75) is 6.10 Å². The lowest BCUT2D eigenvalue weighted by Crippen LogP contribution is -2.16. The normalized spacial score (nSPS) is 11.8. The summed E-state index contributed by atoms with van der Waals surface area (Å²) in [5.74, 6) is -2.06. The fourth-order valence-corrected chi connectivity index (χ4v) is 1.77. The first-order valence-electron chi connectivity index (χ1n) is 6.31. The summed E-state index contributed by atoms with van der Waals surface area (Å²) in [7, 11) is 1.22. The van der Waals surface area contributed by atoms with Crippen LogP contribution in [0.5, 0.6) is 0 Å². The van der Waals surface area contributed by atoms with E-state index in [-0.39, 0.29) is 18.1 Å². The highest BCUT2D eigenvalue weighted by Crippen LogP contribution is 2.20. The number of aromatic nitrogens is 2. The molecule has 8 heteroatoms. The summed E-state index contributed by atoms with van der Waals surface area (Å²) < 4.78 is 31.5. The van der Waals surface area contributed by atoms with E-state index < -0.39 is 29.3 Å². The summed E-state index contributed by atoms with van der Waals surface area (Å²) in [5, 5.41) is 19.8. The van der Waals surface area contributed by atoms with Crippen LogP contribution in [0.3, 0.4) is 0 Å². The first-order valence-corrected chi connectivity index (χ1v) is 6.31. The molecule has 22 heavy (non-hydrogen) atoms. The number of carbonyl (C=O) groups excluding carboxylic acids is 1. The first kappa shape index (κ1) is 15.8. The standard InChI is InChI=1S/C14H13F2N3O3/c1-22-14(21)10-5-6-12(19-18-10)17-7-11(20)13-8(15)3-2-4-9(13)16/h2-6,11,20H,7H2,1H3,(H,17,19). The summed E-state index contributed by atoms with van der Waals surface area (Å²) in [4.78, 5) is 11.2. The van der Waals surface area contributed by atoms with E-state index in [1.807, 2.05) is 0 Å². The molecule has 1 aromatic carbocycles. The molecule has 1 unspecified atom stereocenters. The number of ether oxygens (including phenoxy) is 1. The maximum Gasteiger partial charge on any atom is 0.358 e. The summed E-state index contributed by atoms with van der Waals surface area (Å²) in [5.41, 5.74) is -0.400. The van der Waals surface area contributed by atoms with E-state index in [4.69, 9.17) is 0 Å². The van der Waals surface area contributed by atoms with Crippen LogP contribution in [0.4, 0.5) is 14.6 Å². The smallest absolute Gasteiger partial charge is 0.358 e. The van der Waals surface area contributed by atoms with Gasteiger partial charge in [0.2, 0.25) is 0 Å². The SMILES string of the molecule is COC(=O)c1ccc(NCC(O)c2c(F)cccc2F)nn1. The van der Waals surface area contributed by atoms with Crippen LogP contribution in [0, 0.1) is 11.6 Å². The average molecular weight is 309 g/mol. The van der Waals surface area contributed by atoms with E-state index in [9.17, 15) is 18.7 Å². The zero-order valence-electron chi connectivity index (χ0n) is 11.6. The van der Waals surface area contributed by atoms with Crippen molar-refractivity contribution in [2.75, 3.05) is 19.0 Å². The molecular formula is C14H13F2N3O3. The van der Waals surface area contributed by atoms with E-state index in [1.165, 1.54) is 25.3 Å². The van der Waals surface area contributed by atoms with Gasteiger partial charge in [-0.3, -0.25) is 0 Å². The van der Waals surface area contributed by atoms with Gasteiger partial charge in [0, 0.05) is 6.54 Å². The molecule has 0 aliphatic carbocycles. The molecule has 2 rings (SSSR count). The number of hydrogen-bond acceptors (Lipinski definition) is 6. The zero-order chi connectivity index (χ0) is 16.1. The van der Waals surface area contributed by atoms with Crippen molar-refractivity contribution in [3.8, 4) is 0 Å². The monoisotopic (exact) mass is 309 g/mol. The molecule has 0 spiro atoms. The van der Waals surface area contributed by atoms with Gasteiger partial charge in [-0.2, -0.15) is 0 Å². The van der Waals surface area contributed by atoms with Crippen LogP contribution >= 0.6 is 0 Å². The Morgan fingerprint density at radius 1 is 1.27 bits per heavy atom. The Labute approximate surface area is 124 Å². The molecule has 116 valence electrons. The fraction of sp³-hybridized carbons (Fsp3) is 0.214. The number of esters is 1. The molecule has 0 radical (unpaired) electrons. The molecule has 2 aromatic rings. The molecule has 0 aliphatic rings. The van der Waals surface area contributed by atoms with Crippen molar-refractivity contribution < 1.29 is 23.4 Å². The highest BCUT2D eigenvalue weighted by atomic mass is 19.1. The summed E-state index contributed by atoms with van der Waals surface area (Å²) in [6.45, 7) is -0.176. The Hall–Kier alpha value is -2.61. The molecule has 0 bridgehead atoms. The highest BCUT2D eigenvalue weighted by Gasteiger charge is 2.17. The molecule has 0 amide bonds. The molecule has 0 saturated carbocycles. The minimum absolute atomic E-state index is 0.0220. The third kappa shape index (κ3) is 3.53. The lowest BCUT2D eigenvalue weighted by Gasteiger charge is -2.14. The number of anilines is 1. The van der Waals surface area contributed by atoms with Crippen molar-refractivity contribution in [1.82, 2.24) is 10.2 Å². The van der Waals surface area contributed by atoms with Gasteiger partial charge in [-0.15, -0.1) is 10.2 Å². The Bertz CT molecular complexity index is 645. The topological polar surface area (TPSA) is 84.3 Å². The number of halogens is 2. The van der Waals surface area contributed by atoms with Crippen LogP contribution in [0.1, 0.15) is 22.2 Å². The van der Waals surface area contributed by atoms with Crippen molar-refractivity contribution in [2.24, 2.45) is 0 Å². The number of aliphatic hydroxyl groups excluding tert-OH is 1. The van der Waals surface area contributed by atoms with Crippen LogP contribution in [0.2, 0.25) is 0 Å². The van der Waals surface area contributed by atoms with Gasteiger partial charge in [0.15, 0.2) is 5.69 Å². The summed E-state index contributed by atoms with van der Waals surface area (Å²) >= 11 is 0. The molecule has 2 N–H and O–H groups in total. The van der Waals surface area contributed by atoms with E-state index in [2.05, 4.69) is 20.3 Å². The maximum absolute atomic E-state index is 13.5. The molecule has 0 fully saturated rings. The quantitative estimate of drug-likeness (QED) is 0.818. The molecule has 0 aliphatic heterocycles. The highest BCUT2D eigenvalue weighted by molar-refractivity contribution is 5.86. The summed E-state index contributed by atoms with van der Waals surface area (Å²) in [6.07, 6.45) is -1.40.